The molecule has 1 aliphatic rings. The number of amides is 1. The second-order valence-electron chi connectivity index (χ2n) is 11.2. The number of esters is 1. The number of benzene rings is 2. The van der Waals surface area contributed by atoms with Gasteiger partial charge in [0.15, 0.2) is 0 Å². The molecule has 3 aromatic rings. The molecule has 1 fully saturated rings. The van der Waals surface area contributed by atoms with Crippen LogP contribution in [-0.4, -0.2) is 55.6 Å². The first-order valence-electron chi connectivity index (χ1n) is 15.5. The summed E-state index contributed by atoms with van der Waals surface area (Å²) < 4.78 is 17.2. The van der Waals surface area contributed by atoms with Gasteiger partial charge in [0, 0.05) is 36.0 Å². The number of aryl methyl sites for hydroxylation is 1. The van der Waals surface area contributed by atoms with Crippen LogP contribution in [0.3, 0.4) is 0 Å². The van der Waals surface area contributed by atoms with Crippen molar-refractivity contribution in [3.63, 3.8) is 0 Å². The highest BCUT2D eigenvalue weighted by atomic mass is 32.2. The molecular formula is C35H46N2O5S. The zero-order valence-corrected chi connectivity index (χ0v) is 26.8. The van der Waals surface area contributed by atoms with Crippen LogP contribution >= 0.6 is 11.8 Å². The fourth-order valence-electron chi connectivity index (χ4n) is 5.68. The fourth-order valence-corrected chi connectivity index (χ4v) is 6.08. The van der Waals surface area contributed by atoms with E-state index in [9.17, 15) is 9.59 Å². The summed E-state index contributed by atoms with van der Waals surface area (Å²) in [4.78, 5) is 26.2. The van der Waals surface area contributed by atoms with Gasteiger partial charge in [0.1, 0.15) is 17.3 Å². The molecule has 0 spiro atoms. The summed E-state index contributed by atoms with van der Waals surface area (Å²) in [6.07, 6.45) is 9.41. The van der Waals surface area contributed by atoms with E-state index in [0.717, 1.165) is 47.3 Å². The van der Waals surface area contributed by atoms with Crippen LogP contribution in [0.5, 0.6) is 5.75 Å². The van der Waals surface area contributed by atoms with Crippen LogP contribution in [0, 0.1) is 12.8 Å². The summed E-state index contributed by atoms with van der Waals surface area (Å²) in [5.41, 5.74) is 3.76. The number of furan rings is 1. The number of nitrogens with one attached hydrogen (secondary N) is 1. The Hall–Kier alpha value is -3.39. The molecule has 232 valence electrons. The predicted octanol–water partition coefficient (Wildman–Crippen LogP) is 8.15. The second kappa shape index (κ2) is 16.5. The van der Waals surface area contributed by atoms with Crippen molar-refractivity contribution in [2.45, 2.75) is 64.8 Å². The maximum absolute atomic E-state index is 12.9. The molecular weight excluding hydrogens is 560 g/mol. The standard InChI is InChI=1S/C35H46N2O5S/c1-5-40-33(38)20-21-37(3)35(39)28-12-16-29(17-13-28)36-34(27-10-7-6-8-11-27)31-24-32(42-25(31)2)26-14-18-30(19-15-26)41-22-9-23-43-4/h12-19,24,27,34,36H,5-11,20-23H2,1-4H3. The van der Waals surface area contributed by atoms with Crippen molar-refractivity contribution < 1.29 is 23.5 Å². The Bertz CT molecular complexity index is 1300. The monoisotopic (exact) mass is 606 g/mol. The lowest BCUT2D eigenvalue weighted by Gasteiger charge is -2.31. The number of ether oxygens (including phenoxy) is 2. The number of anilines is 1. The van der Waals surface area contributed by atoms with Gasteiger partial charge in [0.05, 0.1) is 25.7 Å². The summed E-state index contributed by atoms with van der Waals surface area (Å²) in [6, 6.07) is 18.1. The third kappa shape index (κ3) is 9.30. The SMILES string of the molecule is CCOC(=O)CCN(C)C(=O)c1ccc(NC(c2cc(-c3ccc(OCCCSC)cc3)oc2C)C2CCCCC2)cc1. The minimum Gasteiger partial charge on any atom is -0.494 e. The summed E-state index contributed by atoms with van der Waals surface area (Å²) in [5.74, 6) is 3.83. The smallest absolute Gasteiger partial charge is 0.307 e. The normalized spacial score (nSPS) is 14.2. The van der Waals surface area contributed by atoms with Crippen molar-refractivity contribution in [3.05, 3.63) is 71.5 Å². The highest BCUT2D eigenvalue weighted by molar-refractivity contribution is 7.98. The largest absolute Gasteiger partial charge is 0.494 e. The van der Waals surface area contributed by atoms with Crippen LogP contribution < -0.4 is 10.1 Å². The van der Waals surface area contributed by atoms with Gasteiger partial charge in [-0.25, -0.2) is 0 Å². The van der Waals surface area contributed by atoms with E-state index in [1.807, 2.05) is 55.1 Å². The molecule has 8 heteroatoms. The third-order valence-electron chi connectivity index (χ3n) is 8.07. The lowest BCUT2D eigenvalue weighted by molar-refractivity contribution is -0.143. The minimum atomic E-state index is -0.295. The van der Waals surface area contributed by atoms with Gasteiger partial charge in [0.2, 0.25) is 0 Å². The third-order valence-corrected chi connectivity index (χ3v) is 8.77. The van der Waals surface area contributed by atoms with Crippen LogP contribution in [0.15, 0.2) is 59.0 Å². The average Bonchev–Trinajstić information content (AvgIpc) is 3.42. The Kier molecular flexibility index (Phi) is 12.4. The molecule has 0 radical (unpaired) electrons. The summed E-state index contributed by atoms with van der Waals surface area (Å²) in [6.45, 7) is 5.21. The van der Waals surface area contributed by atoms with Gasteiger partial charge in [-0.2, -0.15) is 11.8 Å². The van der Waals surface area contributed by atoms with Crippen LogP contribution in [0.2, 0.25) is 0 Å². The number of hydrogen-bond acceptors (Lipinski definition) is 7. The number of carbonyl (C=O) groups excluding carboxylic acids is 2. The Balaban J connectivity index is 1.46. The molecule has 1 saturated carbocycles. The van der Waals surface area contributed by atoms with Crippen molar-refractivity contribution in [1.29, 1.82) is 0 Å². The van der Waals surface area contributed by atoms with Gasteiger partial charge in [-0.3, -0.25) is 9.59 Å². The van der Waals surface area contributed by atoms with Crippen molar-refractivity contribution >= 4 is 29.3 Å². The lowest BCUT2D eigenvalue weighted by Crippen LogP contribution is -2.29. The van der Waals surface area contributed by atoms with Gasteiger partial charge < -0.3 is 24.1 Å². The first-order chi connectivity index (χ1) is 20.9. The zero-order valence-electron chi connectivity index (χ0n) is 26.0. The highest BCUT2D eigenvalue weighted by Gasteiger charge is 2.29. The van der Waals surface area contributed by atoms with Crippen molar-refractivity contribution in [1.82, 2.24) is 4.90 Å². The molecule has 43 heavy (non-hydrogen) atoms. The van der Waals surface area contributed by atoms with E-state index in [2.05, 4.69) is 29.8 Å². The van der Waals surface area contributed by atoms with Crippen molar-refractivity contribution in [3.8, 4) is 17.1 Å². The molecule has 1 N–H and O–H groups in total. The van der Waals surface area contributed by atoms with E-state index >= 15 is 0 Å². The van der Waals surface area contributed by atoms with Crippen LogP contribution in [0.4, 0.5) is 5.69 Å². The Morgan fingerprint density at radius 3 is 2.47 bits per heavy atom. The zero-order chi connectivity index (χ0) is 30.6. The van der Waals surface area contributed by atoms with Crippen molar-refractivity contribution in [2.24, 2.45) is 5.92 Å². The van der Waals surface area contributed by atoms with E-state index in [0.29, 0.717) is 24.6 Å². The number of nitrogens with zero attached hydrogens (tertiary/aromatic N) is 1. The van der Waals surface area contributed by atoms with E-state index in [1.54, 1.807) is 18.9 Å². The molecule has 1 atom stereocenters. The first-order valence-corrected chi connectivity index (χ1v) is 16.9. The van der Waals surface area contributed by atoms with E-state index in [4.69, 9.17) is 13.9 Å². The summed E-state index contributed by atoms with van der Waals surface area (Å²) in [7, 11) is 1.71. The Labute approximate surface area is 260 Å². The number of carbonyl (C=O) groups is 2. The molecule has 7 nitrogen and oxygen atoms in total. The second-order valence-corrected chi connectivity index (χ2v) is 12.2. The molecule has 0 bridgehead atoms. The lowest BCUT2D eigenvalue weighted by atomic mass is 9.81. The Morgan fingerprint density at radius 1 is 1.07 bits per heavy atom. The predicted molar refractivity (Wildman–Crippen MR) is 175 cm³/mol. The molecule has 2 aromatic carbocycles. The van der Waals surface area contributed by atoms with Crippen LogP contribution in [0.1, 0.15) is 79.6 Å². The topological polar surface area (TPSA) is 81.0 Å². The van der Waals surface area contributed by atoms with Crippen LogP contribution in [-0.2, 0) is 9.53 Å². The highest BCUT2D eigenvalue weighted by Crippen LogP contribution is 2.40. The molecule has 1 heterocycles. The quantitative estimate of drug-likeness (QED) is 0.138. The molecule has 1 aromatic heterocycles. The van der Waals surface area contributed by atoms with E-state index in [1.165, 1.54) is 37.7 Å². The molecule has 1 unspecified atom stereocenters. The molecule has 0 aliphatic heterocycles. The van der Waals surface area contributed by atoms with E-state index in [-0.39, 0.29) is 24.3 Å². The van der Waals surface area contributed by atoms with Gasteiger partial charge >= 0.3 is 5.97 Å². The number of rotatable bonds is 15. The van der Waals surface area contributed by atoms with Gasteiger partial charge in [-0.15, -0.1) is 0 Å². The van der Waals surface area contributed by atoms with Gasteiger partial charge in [-0.05, 0) is 106 Å². The maximum Gasteiger partial charge on any atom is 0.307 e. The number of hydrogen-bond donors (Lipinski definition) is 1. The van der Waals surface area contributed by atoms with E-state index < -0.39 is 0 Å². The first kappa shape index (κ1) is 32.5. The molecule has 0 saturated heterocycles. The van der Waals surface area contributed by atoms with Crippen LogP contribution in [0.25, 0.3) is 11.3 Å². The minimum absolute atomic E-state index is 0.102. The molecule has 1 aliphatic carbocycles. The molecule has 1 amide bonds. The summed E-state index contributed by atoms with van der Waals surface area (Å²) in [5, 5.41) is 3.79. The van der Waals surface area contributed by atoms with Gasteiger partial charge in [0.25, 0.3) is 5.91 Å². The Morgan fingerprint density at radius 2 is 1.79 bits per heavy atom. The fraction of sp³-hybridized carbons (Fsp3) is 0.486. The average molecular weight is 607 g/mol. The molecule has 4 rings (SSSR count). The number of thioether (sulfide) groups is 1. The van der Waals surface area contributed by atoms with Crippen molar-refractivity contribution in [2.75, 3.05) is 44.1 Å². The van der Waals surface area contributed by atoms with Gasteiger partial charge in [-0.1, -0.05) is 19.3 Å². The summed E-state index contributed by atoms with van der Waals surface area (Å²) >= 11 is 1.83. The maximum atomic E-state index is 12.9.